The van der Waals surface area contributed by atoms with E-state index in [0.717, 1.165) is 5.56 Å². The highest BCUT2D eigenvalue weighted by molar-refractivity contribution is 6.29. The number of fused-ring (bicyclic) bond motifs is 2. The molecule has 0 amide bonds. The van der Waals surface area contributed by atoms with Crippen LogP contribution >= 0.6 is 11.6 Å². The lowest BCUT2D eigenvalue weighted by atomic mass is 10.2. The van der Waals surface area contributed by atoms with Crippen molar-refractivity contribution in [2.24, 2.45) is 0 Å². The van der Waals surface area contributed by atoms with Gasteiger partial charge in [0.25, 0.3) is 0 Å². The molecule has 0 unspecified atom stereocenters. The van der Waals surface area contributed by atoms with Crippen molar-refractivity contribution in [2.45, 2.75) is 12.4 Å². The molecule has 78 valence electrons. The quantitative estimate of drug-likeness (QED) is 0.723. The molecular weight excluding hydrogens is 214 g/mol. The summed E-state index contributed by atoms with van der Waals surface area (Å²) in [5.74, 6) is 0. The molecule has 2 aliphatic rings. The van der Waals surface area contributed by atoms with Crippen LogP contribution in [0.25, 0.3) is 0 Å². The zero-order chi connectivity index (χ0) is 10.4. The number of aliphatic hydroxyl groups is 1. The number of aliphatic hydroxyl groups excluding tert-OH is 1. The first-order valence-electron chi connectivity index (χ1n) is 4.77. The van der Waals surface area contributed by atoms with E-state index in [1.54, 1.807) is 17.3 Å². The fourth-order valence-corrected chi connectivity index (χ4v) is 2.50. The molecular formula is C10H10ClN3O. The molecule has 1 fully saturated rings. The van der Waals surface area contributed by atoms with Gasteiger partial charge < -0.3 is 14.9 Å². The highest BCUT2D eigenvalue weighted by Gasteiger charge is 2.43. The van der Waals surface area contributed by atoms with E-state index < -0.39 is 6.23 Å². The Labute approximate surface area is 92.4 Å². The summed E-state index contributed by atoms with van der Waals surface area (Å²) in [4.78, 5) is 7.81. The third-order valence-corrected chi connectivity index (χ3v) is 3.09. The molecule has 3 heterocycles. The minimum Gasteiger partial charge on any atom is -0.372 e. The summed E-state index contributed by atoms with van der Waals surface area (Å²) in [6.07, 6.45) is 4.86. The van der Waals surface area contributed by atoms with Gasteiger partial charge in [0.2, 0.25) is 0 Å². The van der Waals surface area contributed by atoms with Crippen LogP contribution in [0.2, 0.25) is 0 Å². The summed E-state index contributed by atoms with van der Waals surface area (Å²) >= 11 is 6.02. The van der Waals surface area contributed by atoms with E-state index >= 15 is 0 Å². The Morgan fingerprint density at radius 3 is 2.73 bits per heavy atom. The third-order valence-electron chi connectivity index (χ3n) is 2.80. The SMILES string of the molecule is O[C@H]1CN2C=C(Cl)N1[C@H]2c1ccncc1. The molecule has 5 heteroatoms. The van der Waals surface area contributed by atoms with E-state index in [-0.39, 0.29) is 6.17 Å². The average Bonchev–Trinajstić information content (AvgIpc) is 2.71. The maximum absolute atomic E-state index is 9.76. The van der Waals surface area contributed by atoms with E-state index in [9.17, 15) is 5.11 Å². The standard InChI is InChI=1S/C10H10ClN3O/c11-8-5-13-6-9(15)14(8)10(13)7-1-3-12-4-2-7/h1-5,9-10,15H,6H2/t9-,10-/m0/s1. The van der Waals surface area contributed by atoms with Crippen LogP contribution in [-0.2, 0) is 0 Å². The number of nitrogens with zero attached hydrogens (tertiary/aromatic N) is 3. The maximum Gasteiger partial charge on any atom is 0.147 e. The molecule has 0 saturated carbocycles. The zero-order valence-electron chi connectivity index (χ0n) is 7.92. The average molecular weight is 224 g/mol. The van der Waals surface area contributed by atoms with Gasteiger partial charge in [0, 0.05) is 18.6 Å². The van der Waals surface area contributed by atoms with E-state index in [1.165, 1.54) is 0 Å². The first kappa shape index (κ1) is 9.00. The van der Waals surface area contributed by atoms with Gasteiger partial charge in [0.05, 0.1) is 6.54 Å². The van der Waals surface area contributed by atoms with Gasteiger partial charge in [0.1, 0.15) is 17.5 Å². The number of hydrogen-bond donors (Lipinski definition) is 1. The Morgan fingerprint density at radius 2 is 2.13 bits per heavy atom. The second-order valence-electron chi connectivity index (χ2n) is 3.69. The van der Waals surface area contributed by atoms with Crippen LogP contribution in [0.3, 0.4) is 0 Å². The monoisotopic (exact) mass is 223 g/mol. The fraction of sp³-hybridized carbons (Fsp3) is 0.300. The van der Waals surface area contributed by atoms with Crippen LogP contribution < -0.4 is 0 Å². The number of pyridine rings is 1. The lowest BCUT2D eigenvalue weighted by molar-refractivity contribution is 0.0594. The van der Waals surface area contributed by atoms with Crippen molar-refractivity contribution in [3.8, 4) is 0 Å². The van der Waals surface area contributed by atoms with Crippen molar-refractivity contribution in [1.29, 1.82) is 0 Å². The van der Waals surface area contributed by atoms with E-state index in [2.05, 4.69) is 4.98 Å². The Balaban J connectivity index is 1.98. The van der Waals surface area contributed by atoms with Crippen molar-refractivity contribution in [1.82, 2.24) is 14.8 Å². The third kappa shape index (κ3) is 1.22. The van der Waals surface area contributed by atoms with Crippen LogP contribution in [0, 0.1) is 0 Å². The van der Waals surface area contributed by atoms with Gasteiger partial charge in [-0.05, 0) is 17.7 Å². The predicted molar refractivity (Wildman–Crippen MR) is 55.5 cm³/mol. The second kappa shape index (κ2) is 3.12. The molecule has 1 aromatic rings. The lowest BCUT2D eigenvalue weighted by Crippen LogP contribution is -2.29. The highest BCUT2D eigenvalue weighted by Crippen LogP contribution is 2.42. The summed E-state index contributed by atoms with van der Waals surface area (Å²) in [5, 5.41) is 10.4. The molecule has 2 bridgehead atoms. The smallest absolute Gasteiger partial charge is 0.147 e. The van der Waals surface area contributed by atoms with Crippen LogP contribution in [0.4, 0.5) is 0 Å². The molecule has 3 rings (SSSR count). The summed E-state index contributed by atoms with van der Waals surface area (Å²) in [5.41, 5.74) is 1.09. The van der Waals surface area contributed by atoms with E-state index in [0.29, 0.717) is 11.7 Å². The second-order valence-corrected chi connectivity index (χ2v) is 4.08. The van der Waals surface area contributed by atoms with Crippen LogP contribution in [0.5, 0.6) is 0 Å². The molecule has 0 aliphatic carbocycles. The maximum atomic E-state index is 9.76. The van der Waals surface area contributed by atoms with Gasteiger partial charge in [-0.2, -0.15) is 0 Å². The van der Waals surface area contributed by atoms with E-state index in [4.69, 9.17) is 11.6 Å². The van der Waals surface area contributed by atoms with Crippen LogP contribution in [0.15, 0.2) is 35.9 Å². The minimum atomic E-state index is -0.513. The van der Waals surface area contributed by atoms with Crippen molar-refractivity contribution in [3.63, 3.8) is 0 Å². The number of halogens is 1. The van der Waals surface area contributed by atoms with Crippen LogP contribution in [0.1, 0.15) is 11.7 Å². The molecule has 0 aromatic carbocycles. The molecule has 2 atom stereocenters. The number of aromatic nitrogens is 1. The molecule has 1 aromatic heterocycles. The van der Waals surface area contributed by atoms with Crippen molar-refractivity contribution in [3.05, 3.63) is 41.4 Å². The summed E-state index contributed by atoms with van der Waals surface area (Å²) in [6.45, 7) is 0.600. The number of hydrogen-bond acceptors (Lipinski definition) is 4. The molecule has 0 spiro atoms. The van der Waals surface area contributed by atoms with Gasteiger partial charge in [-0.15, -0.1) is 0 Å². The normalized spacial score (nSPS) is 28.5. The van der Waals surface area contributed by atoms with Gasteiger partial charge in [-0.3, -0.25) is 4.98 Å². The minimum absolute atomic E-state index is 0.0236. The highest BCUT2D eigenvalue weighted by atomic mass is 35.5. The number of rotatable bonds is 1. The van der Waals surface area contributed by atoms with Gasteiger partial charge in [-0.25, -0.2) is 0 Å². The largest absolute Gasteiger partial charge is 0.372 e. The van der Waals surface area contributed by atoms with Gasteiger partial charge >= 0.3 is 0 Å². The Hall–Kier alpha value is -1.26. The van der Waals surface area contributed by atoms with Gasteiger partial charge in [-0.1, -0.05) is 11.6 Å². The topological polar surface area (TPSA) is 39.6 Å². The van der Waals surface area contributed by atoms with Gasteiger partial charge in [0.15, 0.2) is 0 Å². The van der Waals surface area contributed by atoms with Crippen molar-refractivity contribution < 1.29 is 5.11 Å². The fourth-order valence-electron chi connectivity index (χ4n) is 2.17. The van der Waals surface area contributed by atoms with Crippen molar-refractivity contribution in [2.75, 3.05) is 6.54 Å². The van der Waals surface area contributed by atoms with Crippen LogP contribution in [-0.4, -0.2) is 32.7 Å². The lowest BCUT2D eigenvalue weighted by Gasteiger charge is -2.24. The van der Waals surface area contributed by atoms with E-state index in [1.807, 2.05) is 23.2 Å². The Morgan fingerprint density at radius 1 is 1.40 bits per heavy atom. The Kier molecular flexibility index (Phi) is 1.87. The summed E-state index contributed by atoms with van der Waals surface area (Å²) in [6, 6.07) is 3.87. The molecule has 15 heavy (non-hydrogen) atoms. The zero-order valence-corrected chi connectivity index (χ0v) is 8.67. The first-order valence-corrected chi connectivity index (χ1v) is 5.14. The molecule has 1 N–H and O–H groups in total. The molecule has 1 saturated heterocycles. The first-order chi connectivity index (χ1) is 7.27. The Bertz CT molecular complexity index is 408. The molecule has 2 aliphatic heterocycles. The predicted octanol–water partition coefficient (Wildman–Crippen LogP) is 1.07. The summed E-state index contributed by atoms with van der Waals surface area (Å²) < 4.78 is 0. The van der Waals surface area contributed by atoms with Crippen molar-refractivity contribution >= 4 is 11.6 Å². The molecule has 4 nitrogen and oxygen atoms in total. The molecule has 0 radical (unpaired) electrons. The summed E-state index contributed by atoms with van der Waals surface area (Å²) in [7, 11) is 0.